The van der Waals surface area contributed by atoms with E-state index in [0.717, 1.165) is 16.3 Å². The van der Waals surface area contributed by atoms with Crippen LogP contribution in [0, 0.1) is 0 Å². The minimum absolute atomic E-state index is 0.160. The SMILES string of the molecule is COc1ccc(C(O)CNC(=O)Cc2cn3ccsc3n2)cc1. The molecule has 0 aliphatic carbocycles. The van der Waals surface area contributed by atoms with Gasteiger partial charge < -0.3 is 15.2 Å². The second kappa shape index (κ2) is 6.80. The van der Waals surface area contributed by atoms with Crippen molar-refractivity contribution in [2.45, 2.75) is 12.5 Å². The number of hydrogen-bond donors (Lipinski definition) is 2. The number of benzene rings is 1. The van der Waals surface area contributed by atoms with Crippen LogP contribution in [0.4, 0.5) is 0 Å². The van der Waals surface area contributed by atoms with Crippen LogP contribution >= 0.6 is 11.3 Å². The van der Waals surface area contributed by atoms with Crippen LogP contribution in [0.1, 0.15) is 17.4 Å². The van der Waals surface area contributed by atoms with E-state index in [0.29, 0.717) is 5.69 Å². The third-order valence-corrected chi connectivity index (χ3v) is 4.25. The van der Waals surface area contributed by atoms with E-state index in [2.05, 4.69) is 10.3 Å². The molecule has 6 nitrogen and oxygen atoms in total. The highest BCUT2D eigenvalue weighted by Crippen LogP contribution is 2.17. The van der Waals surface area contributed by atoms with Crippen LogP contribution in [0.25, 0.3) is 4.96 Å². The first-order chi connectivity index (χ1) is 11.2. The van der Waals surface area contributed by atoms with E-state index in [-0.39, 0.29) is 18.9 Å². The zero-order valence-corrected chi connectivity index (χ0v) is 13.4. The van der Waals surface area contributed by atoms with E-state index < -0.39 is 6.10 Å². The smallest absolute Gasteiger partial charge is 0.226 e. The molecule has 23 heavy (non-hydrogen) atoms. The largest absolute Gasteiger partial charge is 0.497 e. The second-order valence-electron chi connectivity index (χ2n) is 5.09. The van der Waals surface area contributed by atoms with Crippen LogP contribution in [0.2, 0.25) is 0 Å². The Hall–Kier alpha value is -2.38. The number of aliphatic hydroxyl groups is 1. The maximum atomic E-state index is 12.0. The lowest BCUT2D eigenvalue weighted by Crippen LogP contribution is -2.29. The molecule has 0 radical (unpaired) electrons. The Labute approximate surface area is 137 Å². The van der Waals surface area contributed by atoms with Gasteiger partial charge in [0.15, 0.2) is 4.96 Å². The molecule has 2 aromatic heterocycles. The van der Waals surface area contributed by atoms with E-state index in [1.807, 2.05) is 22.2 Å². The van der Waals surface area contributed by atoms with Crippen molar-refractivity contribution in [2.24, 2.45) is 0 Å². The Balaban J connectivity index is 1.52. The molecule has 1 aromatic carbocycles. The summed E-state index contributed by atoms with van der Waals surface area (Å²) in [6, 6.07) is 7.11. The maximum Gasteiger partial charge on any atom is 0.226 e. The molecule has 120 valence electrons. The Morgan fingerprint density at radius 2 is 2.22 bits per heavy atom. The van der Waals surface area contributed by atoms with Gasteiger partial charge in [0.2, 0.25) is 5.91 Å². The number of fused-ring (bicyclic) bond motifs is 1. The van der Waals surface area contributed by atoms with E-state index >= 15 is 0 Å². The van der Waals surface area contributed by atoms with Gasteiger partial charge in [0.1, 0.15) is 5.75 Å². The van der Waals surface area contributed by atoms with Crippen LogP contribution in [-0.4, -0.2) is 34.1 Å². The van der Waals surface area contributed by atoms with Gasteiger partial charge in [-0.3, -0.25) is 9.20 Å². The molecule has 0 saturated carbocycles. The number of aliphatic hydroxyl groups excluding tert-OH is 1. The molecule has 0 aliphatic heterocycles. The van der Waals surface area contributed by atoms with Gasteiger partial charge in [-0.05, 0) is 17.7 Å². The molecule has 0 spiro atoms. The molecule has 0 saturated heterocycles. The van der Waals surface area contributed by atoms with E-state index in [1.165, 1.54) is 11.3 Å². The minimum Gasteiger partial charge on any atom is -0.497 e. The maximum absolute atomic E-state index is 12.0. The summed E-state index contributed by atoms with van der Waals surface area (Å²) in [5.74, 6) is 0.563. The predicted octanol–water partition coefficient (Wildman–Crippen LogP) is 1.80. The van der Waals surface area contributed by atoms with E-state index in [4.69, 9.17) is 4.74 Å². The summed E-state index contributed by atoms with van der Waals surface area (Å²) in [7, 11) is 1.59. The quantitative estimate of drug-likeness (QED) is 0.722. The summed E-state index contributed by atoms with van der Waals surface area (Å²) in [5.41, 5.74) is 1.45. The average Bonchev–Trinajstić information content (AvgIpc) is 3.14. The number of thiazole rings is 1. The Morgan fingerprint density at radius 1 is 1.43 bits per heavy atom. The van der Waals surface area contributed by atoms with Crippen LogP contribution in [0.15, 0.2) is 42.0 Å². The molecule has 7 heteroatoms. The van der Waals surface area contributed by atoms with Crippen LogP contribution in [-0.2, 0) is 11.2 Å². The van der Waals surface area contributed by atoms with Crippen molar-refractivity contribution < 1.29 is 14.6 Å². The monoisotopic (exact) mass is 331 g/mol. The lowest BCUT2D eigenvalue weighted by atomic mass is 10.1. The van der Waals surface area contributed by atoms with Crippen molar-refractivity contribution in [1.29, 1.82) is 0 Å². The standard InChI is InChI=1S/C16H17N3O3S/c1-22-13-4-2-11(3-5-13)14(20)9-17-15(21)8-12-10-19-6-7-23-16(19)18-12/h2-7,10,14,20H,8-9H2,1H3,(H,17,21). The summed E-state index contributed by atoms with van der Waals surface area (Å²) in [4.78, 5) is 17.2. The number of ether oxygens (including phenoxy) is 1. The van der Waals surface area contributed by atoms with Crippen molar-refractivity contribution in [3.8, 4) is 5.75 Å². The van der Waals surface area contributed by atoms with Crippen molar-refractivity contribution in [1.82, 2.24) is 14.7 Å². The number of amides is 1. The number of aromatic nitrogens is 2. The lowest BCUT2D eigenvalue weighted by molar-refractivity contribution is -0.120. The van der Waals surface area contributed by atoms with Crippen molar-refractivity contribution in [3.63, 3.8) is 0 Å². The molecule has 2 N–H and O–H groups in total. The number of nitrogens with zero attached hydrogens (tertiary/aromatic N) is 2. The fourth-order valence-electron chi connectivity index (χ4n) is 2.24. The third-order valence-electron chi connectivity index (χ3n) is 3.48. The fourth-order valence-corrected chi connectivity index (χ4v) is 2.96. The number of methoxy groups -OCH3 is 1. The first-order valence-corrected chi connectivity index (χ1v) is 8.03. The number of rotatable bonds is 6. The lowest BCUT2D eigenvalue weighted by Gasteiger charge is -2.12. The van der Waals surface area contributed by atoms with Crippen molar-refractivity contribution in [3.05, 3.63) is 53.3 Å². The molecular weight excluding hydrogens is 314 g/mol. The van der Waals surface area contributed by atoms with Gasteiger partial charge in [0, 0.05) is 24.3 Å². The molecule has 1 atom stereocenters. The highest BCUT2D eigenvalue weighted by Gasteiger charge is 2.12. The van der Waals surface area contributed by atoms with Gasteiger partial charge in [-0.25, -0.2) is 4.98 Å². The first kappa shape index (κ1) is 15.5. The Bertz CT molecular complexity index is 766. The molecule has 0 aliphatic rings. The van der Waals surface area contributed by atoms with Crippen LogP contribution in [0.5, 0.6) is 5.75 Å². The van der Waals surface area contributed by atoms with E-state index in [1.54, 1.807) is 31.4 Å². The summed E-state index contributed by atoms with van der Waals surface area (Å²) < 4.78 is 6.96. The van der Waals surface area contributed by atoms with Gasteiger partial charge in [0.05, 0.1) is 25.3 Å². The topological polar surface area (TPSA) is 75.9 Å². The zero-order chi connectivity index (χ0) is 16.2. The fraction of sp³-hybridized carbons (Fsp3) is 0.250. The Kier molecular flexibility index (Phi) is 4.59. The van der Waals surface area contributed by atoms with Gasteiger partial charge in [0.25, 0.3) is 0 Å². The molecule has 3 aromatic rings. The normalized spacial score (nSPS) is 12.3. The van der Waals surface area contributed by atoms with Crippen LogP contribution < -0.4 is 10.1 Å². The van der Waals surface area contributed by atoms with Crippen molar-refractivity contribution >= 4 is 22.2 Å². The van der Waals surface area contributed by atoms with Gasteiger partial charge in [-0.2, -0.15) is 0 Å². The van der Waals surface area contributed by atoms with Gasteiger partial charge >= 0.3 is 0 Å². The summed E-state index contributed by atoms with van der Waals surface area (Å²) in [6.07, 6.45) is 3.19. The zero-order valence-electron chi connectivity index (χ0n) is 12.6. The minimum atomic E-state index is -0.754. The van der Waals surface area contributed by atoms with E-state index in [9.17, 15) is 9.90 Å². The number of hydrogen-bond acceptors (Lipinski definition) is 5. The highest BCUT2D eigenvalue weighted by atomic mass is 32.1. The van der Waals surface area contributed by atoms with Gasteiger partial charge in [-0.15, -0.1) is 11.3 Å². The highest BCUT2D eigenvalue weighted by molar-refractivity contribution is 7.15. The molecule has 1 unspecified atom stereocenters. The second-order valence-corrected chi connectivity index (χ2v) is 5.97. The first-order valence-electron chi connectivity index (χ1n) is 7.15. The summed E-state index contributed by atoms with van der Waals surface area (Å²) in [5, 5.41) is 14.8. The summed E-state index contributed by atoms with van der Waals surface area (Å²) >= 11 is 1.52. The third kappa shape index (κ3) is 3.69. The van der Waals surface area contributed by atoms with Crippen molar-refractivity contribution in [2.75, 3.05) is 13.7 Å². The number of imidazole rings is 1. The molecule has 1 amide bonds. The molecular formula is C16H17N3O3S. The number of carbonyl (C=O) groups excluding carboxylic acids is 1. The number of nitrogens with one attached hydrogen (secondary N) is 1. The van der Waals surface area contributed by atoms with Crippen LogP contribution in [0.3, 0.4) is 0 Å². The molecule has 0 fully saturated rings. The predicted molar refractivity (Wildman–Crippen MR) is 87.7 cm³/mol. The molecule has 0 bridgehead atoms. The Morgan fingerprint density at radius 3 is 2.91 bits per heavy atom. The average molecular weight is 331 g/mol. The molecule has 3 rings (SSSR count). The van der Waals surface area contributed by atoms with Gasteiger partial charge in [-0.1, -0.05) is 12.1 Å². The number of carbonyl (C=O) groups is 1. The summed E-state index contributed by atoms with van der Waals surface area (Å²) in [6.45, 7) is 0.160. The molecule has 2 heterocycles.